The molecule has 4 heterocycles. The SMILES string of the molecule is Cc1ccn(-c2cc(Br)ccc2C(C)Oc2cc(N3CCC4(CC3)CC(C(=O)OCc3ccccc3)N(C(=O)OCc3ccccc3)C4)nc(C)n2)n1. The number of aryl methyl sites for hydroxylation is 2. The van der Waals surface area contributed by atoms with Gasteiger partial charge in [0.05, 0.1) is 11.4 Å². The number of benzene rings is 3. The number of hydrogen-bond acceptors (Lipinski definition) is 9. The van der Waals surface area contributed by atoms with Crippen LogP contribution in [0.1, 0.15) is 60.5 Å². The third-order valence-corrected chi connectivity index (χ3v) is 10.6. The molecule has 1 spiro atoms. The molecule has 11 nitrogen and oxygen atoms in total. The van der Waals surface area contributed by atoms with Crippen LogP contribution >= 0.6 is 15.9 Å². The molecule has 12 heteroatoms. The first-order valence-corrected chi connectivity index (χ1v) is 18.7. The van der Waals surface area contributed by atoms with Crippen molar-refractivity contribution >= 4 is 33.8 Å². The van der Waals surface area contributed by atoms with Gasteiger partial charge in [0, 0.05) is 41.9 Å². The van der Waals surface area contributed by atoms with Crippen LogP contribution in [0, 0.1) is 19.3 Å². The first-order chi connectivity index (χ1) is 25.6. The molecule has 2 aliphatic rings. The number of anilines is 1. The molecule has 53 heavy (non-hydrogen) atoms. The first-order valence-electron chi connectivity index (χ1n) is 17.9. The van der Waals surface area contributed by atoms with Crippen molar-refractivity contribution in [1.82, 2.24) is 24.6 Å². The summed E-state index contributed by atoms with van der Waals surface area (Å²) >= 11 is 3.60. The van der Waals surface area contributed by atoms with Crippen LogP contribution < -0.4 is 9.64 Å². The summed E-state index contributed by atoms with van der Waals surface area (Å²) in [7, 11) is 0. The summed E-state index contributed by atoms with van der Waals surface area (Å²) in [6, 6.07) is 28.3. The Kier molecular flexibility index (Phi) is 10.8. The molecule has 2 aromatic heterocycles. The summed E-state index contributed by atoms with van der Waals surface area (Å²) in [6.07, 6.45) is 3.15. The van der Waals surface area contributed by atoms with Gasteiger partial charge in [0.1, 0.15) is 37.0 Å². The zero-order valence-corrected chi connectivity index (χ0v) is 31.7. The number of hydrogen-bond donors (Lipinski definition) is 0. The minimum Gasteiger partial charge on any atom is -0.470 e. The Balaban J connectivity index is 1.04. The Labute approximate surface area is 318 Å². The van der Waals surface area contributed by atoms with E-state index in [4.69, 9.17) is 19.2 Å². The number of nitrogens with zero attached hydrogens (tertiary/aromatic N) is 6. The van der Waals surface area contributed by atoms with Crippen LogP contribution in [0.3, 0.4) is 0 Å². The molecule has 0 N–H and O–H groups in total. The summed E-state index contributed by atoms with van der Waals surface area (Å²) in [5.74, 6) is 1.46. The fourth-order valence-electron chi connectivity index (χ4n) is 7.26. The molecule has 5 aromatic rings. The highest BCUT2D eigenvalue weighted by molar-refractivity contribution is 9.10. The minimum atomic E-state index is -0.731. The third-order valence-electron chi connectivity index (χ3n) is 10.1. The zero-order valence-electron chi connectivity index (χ0n) is 30.2. The first kappa shape index (κ1) is 36.1. The lowest BCUT2D eigenvalue weighted by atomic mass is 9.76. The van der Waals surface area contributed by atoms with E-state index in [0.29, 0.717) is 37.8 Å². The predicted molar refractivity (Wildman–Crippen MR) is 204 cm³/mol. The van der Waals surface area contributed by atoms with Gasteiger partial charge in [-0.15, -0.1) is 0 Å². The van der Waals surface area contributed by atoms with Crippen molar-refractivity contribution in [3.63, 3.8) is 0 Å². The van der Waals surface area contributed by atoms with E-state index in [1.54, 1.807) is 4.90 Å². The zero-order chi connectivity index (χ0) is 37.0. The van der Waals surface area contributed by atoms with Gasteiger partial charge in [-0.25, -0.2) is 19.3 Å². The van der Waals surface area contributed by atoms with Gasteiger partial charge in [-0.05, 0) is 74.8 Å². The van der Waals surface area contributed by atoms with Gasteiger partial charge in [0.15, 0.2) is 0 Å². The molecule has 2 saturated heterocycles. The molecular weight excluding hydrogens is 736 g/mol. The van der Waals surface area contributed by atoms with Crippen molar-refractivity contribution in [1.29, 1.82) is 0 Å². The van der Waals surface area contributed by atoms with Crippen molar-refractivity contribution in [3.05, 3.63) is 130 Å². The minimum absolute atomic E-state index is 0.130. The van der Waals surface area contributed by atoms with E-state index < -0.39 is 18.1 Å². The lowest BCUT2D eigenvalue weighted by Crippen LogP contribution is -2.43. The molecule has 274 valence electrons. The number of aromatic nitrogens is 4. The van der Waals surface area contributed by atoms with Crippen molar-refractivity contribution in [2.75, 3.05) is 24.5 Å². The molecule has 2 unspecified atom stereocenters. The second-order valence-electron chi connectivity index (χ2n) is 13.9. The van der Waals surface area contributed by atoms with E-state index >= 15 is 0 Å². The lowest BCUT2D eigenvalue weighted by molar-refractivity contribution is -0.150. The van der Waals surface area contributed by atoms with E-state index in [0.717, 1.165) is 51.2 Å². The van der Waals surface area contributed by atoms with Crippen LogP contribution in [0.2, 0.25) is 0 Å². The van der Waals surface area contributed by atoms with Gasteiger partial charge < -0.3 is 19.1 Å². The molecule has 1 amide bonds. The van der Waals surface area contributed by atoms with Crippen molar-refractivity contribution < 1.29 is 23.8 Å². The Morgan fingerprint density at radius 1 is 0.887 bits per heavy atom. The number of rotatable bonds is 10. The van der Waals surface area contributed by atoms with E-state index in [9.17, 15) is 9.59 Å². The normalized spacial score (nSPS) is 17.1. The molecule has 0 saturated carbocycles. The number of halogens is 1. The fourth-order valence-corrected chi connectivity index (χ4v) is 7.61. The molecule has 2 atom stereocenters. The topological polar surface area (TPSA) is 112 Å². The number of carbonyl (C=O) groups excluding carboxylic acids is 2. The Morgan fingerprint density at radius 3 is 2.23 bits per heavy atom. The maximum Gasteiger partial charge on any atom is 0.410 e. The van der Waals surface area contributed by atoms with Crippen molar-refractivity contribution in [3.8, 4) is 11.6 Å². The van der Waals surface area contributed by atoms with Crippen LogP contribution in [0.5, 0.6) is 5.88 Å². The maximum absolute atomic E-state index is 13.6. The quantitative estimate of drug-likeness (QED) is 0.131. The van der Waals surface area contributed by atoms with Crippen LogP contribution in [-0.2, 0) is 27.5 Å². The predicted octanol–water partition coefficient (Wildman–Crippen LogP) is 7.92. The molecule has 0 bridgehead atoms. The molecular formula is C41H43BrN6O5. The van der Waals surface area contributed by atoms with E-state index in [2.05, 4.69) is 30.9 Å². The van der Waals surface area contributed by atoms with Gasteiger partial charge in [0.2, 0.25) is 5.88 Å². The van der Waals surface area contributed by atoms with E-state index in [1.807, 2.05) is 123 Å². The number of piperidine rings is 1. The second-order valence-corrected chi connectivity index (χ2v) is 14.9. The Hall–Kier alpha value is -5.23. The van der Waals surface area contributed by atoms with Crippen LogP contribution in [0.15, 0.2) is 102 Å². The highest BCUT2D eigenvalue weighted by Crippen LogP contribution is 2.45. The van der Waals surface area contributed by atoms with Crippen molar-refractivity contribution in [2.45, 2.75) is 65.4 Å². The number of esters is 1. The smallest absolute Gasteiger partial charge is 0.410 e. The van der Waals surface area contributed by atoms with Gasteiger partial charge in [0.25, 0.3) is 0 Å². The Bertz CT molecular complexity index is 1990. The number of carbonyl (C=O) groups is 2. The second kappa shape index (κ2) is 15.8. The molecule has 0 radical (unpaired) electrons. The maximum atomic E-state index is 13.6. The number of amides is 1. The van der Waals surface area contributed by atoms with Crippen LogP contribution in [0.25, 0.3) is 5.69 Å². The van der Waals surface area contributed by atoms with Gasteiger partial charge in [-0.3, -0.25) is 4.90 Å². The highest BCUT2D eigenvalue weighted by atomic mass is 79.9. The van der Waals surface area contributed by atoms with Gasteiger partial charge in [-0.1, -0.05) is 82.7 Å². The molecule has 0 aliphatic carbocycles. The molecule has 3 aromatic carbocycles. The fraction of sp³-hybridized carbons (Fsp3) is 0.341. The van der Waals surface area contributed by atoms with Gasteiger partial charge in [-0.2, -0.15) is 10.1 Å². The average molecular weight is 780 g/mol. The van der Waals surface area contributed by atoms with Crippen LogP contribution in [0.4, 0.5) is 10.6 Å². The average Bonchev–Trinajstić information content (AvgIpc) is 3.77. The van der Waals surface area contributed by atoms with E-state index in [-0.39, 0.29) is 24.7 Å². The third kappa shape index (κ3) is 8.54. The van der Waals surface area contributed by atoms with E-state index in [1.165, 1.54) is 0 Å². The standard InChI is InChI=1S/C41H43BrN6O5/c1-28-16-19-48(45-28)35-22-33(42)14-15-34(35)29(2)53-38-23-37(43-30(3)44-38)46-20-17-41(18-21-46)24-36(39(49)51-25-31-10-6-4-7-11-31)47(27-41)40(50)52-26-32-12-8-5-9-13-32/h4-16,19,22-23,29,36H,17-18,20-21,24-27H2,1-3H3. The number of ether oxygens (including phenoxy) is 3. The monoisotopic (exact) mass is 778 g/mol. The van der Waals surface area contributed by atoms with Gasteiger partial charge >= 0.3 is 12.1 Å². The van der Waals surface area contributed by atoms with Crippen molar-refractivity contribution in [2.24, 2.45) is 5.41 Å². The molecule has 2 fully saturated rings. The highest BCUT2D eigenvalue weighted by Gasteiger charge is 2.51. The lowest BCUT2D eigenvalue weighted by Gasteiger charge is -2.39. The summed E-state index contributed by atoms with van der Waals surface area (Å²) in [5, 5.41) is 4.62. The largest absolute Gasteiger partial charge is 0.470 e. The number of likely N-dealkylation sites (tertiary alicyclic amines) is 1. The summed E-state index contributed by atoms with van der Waals surface area (Å²) in [4.78, 5) is 40.4. The summed E-state index contributed by atoms with van der Waals surface area (Å²) < 4.78 is 20.8. The summed E-state index contributed by atoms with van der Waals surface area (Å²) in [6.45, 7) is 7.91. The van der Waals surface area contributed by atoms with Crippen LogP contribution in [-0.4, -0.2) is 62.4 Å². The Morgan fingerprint density at radius 2 is 1.57 bits per heavy atom. The molecule has 2 aliphatic heterocycles. The summed E-state index contributed by atoms with van der Waals surface area (Å²) in [5.41, 5.74) is 4.33. The molecule has 7 rings (SSSR count).